The molecule has 0 aliphatic carbocycles. The fourth-order valence-electron chi connectivity index (χ4n) is 1.48. The van der Waals surface area contributed by atoms with Crippen molar-refractivity contribution in [3.63, 3.8) is 0 Å². The number of aliphatic hydroxyl groups excluding tert-OH is 1. The second kappa shape index (κ2) is 8.26. The molecule has 0 bridgehead atoms. The summed E-state index contributed by atoms with van der Waals surface area (Å²) in [6, 6.07) is 9.37. The number of benzene rings is 1. The number of aliphatic hydroxyl groups is 1. The molecule has 1 aromatic carbocycles. The van der Waals surface area contributed by atoms with Crippen molar-refractivity contribution in [2.75, 3.05) is 20.2 Å². The standard InChI is InChI=1S/C14H19NO4/c1-15(9-10-16)13(17)7-8-14(18)19-11-12-5-3-2-4-6-12/h2-6,16H,7-11H2,1H3. The fourth-order valence-corrected chi connectivity index (χ4v) is 1.48. The Kier molecular flexibility index (Phi) is 6.60. The summed E-state index contributed by atoms with van der Waals surface area (Å²) in [6.45, 7) is 0.416. The van der Waals surface area contributed by atoms with Gasteiger partial charge in [-0.15, -0.1) is 0 Å². The summed E-state index contributed by atoms with van der Waals surface area (Å²) in [5.74, 6) is -0.569. The molecule has 1 rings (SSSR count). The minimum Gasteiger partial charge on any atom is -0.461 e. The molecule has 0 aliphatic rings. The summed E-state index contributed by atoms with van der Waals surface area (Å²) in [4.78, 5) is 24.4. The van der Waals surface area contributed by atoms with Gasteiger partial charge in [0.25, 0.3) is 0 Å². The van der Waals surface area contributed by atoms with Crippen LogP contribution in [-0.4, -0.2) is 42.1 Å². The normalized spacial score (nSPS) is 10.0. The van der Waals surface area contributed by atoms with Gasteiger partial charge in [-0.2, -0.15) is 0 Å². The number of rotatable bonds is 7. The van der Waals surface area contributed by atoms with E-state index in [4.69, 9.17) is 9.84 Å². The Morgan fingerprint density at radius 1 is 1.21 bits per heavy atom. The molecule has 1 N–H and O–H groups in total. The minimum absolute atomic E-state index is 0.0570. The van der Waals surface area contributed by atoms with E-state index in [9.17, 15) is 9.59 Å². The van der Waals surface area contributed by atoms with Crippen LogP contribution in [0.3, 0.4) is 0 Å². The highest BCUT2D eigenvalue weighted by atomic mass is 16.5. The predicted octanol–water partition coefficient (Wildman–Crippen LogP) is 0.961. The molecule has 0 saturated carbocycles. The van der Waals surface area contributed by atoms with Crippen molar-refractivity contribution < 1.29 is 19.4 Å². The van der Waals surface area contributed by atoms with Gasteiger partial charge in [-0.25, -0.2) is 0 Å². The van der Waals surface area contributed by atoms with Gasteiger partial charge in [0.1, 0.15) is 6.61 Å². The Morgan fingerprint density at radius 2 is 1.89 bits per heavy atom. The summed E-state index contributed by atoms with van der Waals surface area (Å²) >= 11 is 0. The molecule has 5 nitrogen and oxygen atoms in total. The number of carbonyl (C=O) groups excluding carboxylic acids is 2. The van der Waals surface area contributed by atoms with Crippen molar-refractivity contribution in [2.45, 2.75) is 19.4 Å². The van der Waals surface area contributed by atoms with Gasteiger partial charge in [0.2, 0.25) is 5.91 Å². The molecule has 0 radical (unpaired) electrons. The van der Waals surface area contributed by atoms with Crippen LogP contribution in [0.5, 0.6) is 0 Å². The maximum Gasteiger partial charge on any atom is 0.306 e. The number of amides is 1. The Bertz CT molecular complexity index is 405. The first kappa shape index (κ1) is 15.2. The first-order valence-corrected chi connectivity index (χ1v) is 6.18. The summed E-state index contributed by atoms with van der Waals surface area (Å²) in [6.07, 6.45) is 0.158. The van der Waals surface area contributed by atoms with Gasteiger partial charge in [0.15, 0.2) is 0 Å². The summed E-state index contributed by atoms with van der Waals surface area (Å²) in [5.41, 5.74) is 0.916. The third-order valence-corrected chi connectivity index (χ3v) is 2.65. The van der Waals surface area contributed by atoms with Crippen molar-refractivity contribution in [2.24, 2.45) is 0 Å². The van der Waals surface area contributed by atoms with Crippen molar-refractivity contribution in [1.82, 2.24) is 4.90 Å². The highest BCUT2D eigenvalue weighted by molar-refractivity contribution is 5.81. The number of ether oxygens (including phenoxy) is 1. The van der Waals surface area contributed by atoms with Crippen LogP contribution in [0, 0.1) is 0 Å². The Hall–Kier alpha value is -1.88. The Balaban J connectivity index is 2.23. The highest BCUT2D eigenvalue weighted by Gasteiger charge is 2.11. The lowest BCUT2D eigenvalue weighted by atomic mass is 10.2. The molecule has 104 valence electrons. The maximum atomic E-state index is 11.5. The number of likely N-dealkylation sites (N-methyl/N-ethyl adjacent to an activating group) is 1. The lowest BCUT2D eigenvalue weighted by molar-refractivity contribution is -0.147. The Morgan fingerprint density at radius 3 is 2.53 bits per heavy atom. The molecule has 19 heavy (non-hydrogen) atoms. The first-order valence-electron chi connectivity index (χ1n) is 6.18. The molecule has 0 atom stereocenters. The predicted molar refractivity (Wildman–Crippen MR) is 70.2 cm³/mol. The molecular weight excluding hydrogens is 246 g/mol. The van der Waals surface area contributed by atoms with E-state index in [-0.39, 0.29) is 38.5 Å². The van der Waals surface area contributed by atoms with Crippen LogP contribution in [0.15, 0.2) is 30.3 Å². The lowest BCUT2D eigenvalue weighted by Gasteiger charge is -2.15. The zero-order valence-electron chi connectivity index (χ0n) is 11.0. The van der Waals surface area contributed by atoms with E-state index < -0.39 is 5.97 Å². The van der Waals surface area contributed by atoms with E-state index in [1.165, 1.54) is 4.90 Å². The molecule has 5 heteroatoms. The molecule has 1 amide bonds. The summed E-state index contributed by atoms with van der Waals surface area (Å²) in [5, 5.41) is 8.69. The average molecular weight is 265 g/mol. The maximum absolute atomic E-state index is 11.5. The molecule has 0 spiro atoms. The van der Waals surface area contributed by atoms with E-state index in [0.29, 0.717) is 0 Å². The number of nitrogens with zero attached hydrogens (tertiary/aromatic N) is 1. The van der Waals surface area contributed by atoms with Gasteiger partial charge >= 0.3 is 5.97 Å². The fraction of sp³-hybridized carbons (Fsp3) is 0.429. The molecule has 1 aromatic rings. The molecule has 0 fully saturated rings. The van der Waals surface area contributed by atoms with Gasteiger partial charge < -0.3 is 14.7 Å². The molecule has 0 heterocycles. The quantitative estimate of drug-likeness (QED) is 0.746. The van der Waals surface area contributed by atoms with Crippen molar-refractivity contribution >= 4 is 11.9 Å². The zero-order valence-corrected chi connectivity index (χ0v) is 11.0. The summed E-state index contributed by atoms with van der Waals surface area (Å²) in [7, 11) is 1.59. The van der Waals surface area contributed by atoms with Gasteiger partial charge in [-0.05, 0) is 5.56 Å². The largest absolute Gasteiger partial charge is 0.461 e. The minimum atomic E-state index is -0.394. The van der Waals surface area contributed by atoms with Crippen molar-refractivity contribution in [1.29, 1.82) is 0 Å². The number of hydrogen-bond donors (Lipinski definition) is 1. The number of hydrogen-bond acceptors (Lipinski definition) is 4. The van der Waals surface area contributed by atoms with Crippen LogP contribution < -0.4 is 0 Å². The lowest BCUT2D eigenvalue weighted by Crippen LogP contribution is -2.29. The van der Waals surface area contributed by atoms with Crippen molar-refractivity contribution in [3.8, 4) is 0 Å². The van der Waals surface area contributed by atoms with E-state index >= 15 is 0 Å². The van der Waals surface area contributed by atoms with Gasteiger partial charge in [0.05, 0.1) is 13.0 Å². The number of carbonyl (C=O) groups is 2. The van der Waals surface area contributed by atoms with Crippen LogP contribution in [-0.2, 0) is 20.9 Å². The van der Waals surface area contributed by atoms with Crippen LogP contribution in [0.1, 0.15) is 18.4 Å². The second-order valence-corrected chi connectivity index (χ2v) is 4.19. The second-order valence-electron chi connectivity index (χ2n) is 4.19. The van der Waals surface area contributed by atoms with Gasteiger partial charge in [-0.3, -0.25) is 9.59 Å². The average Bonchev–Trinajstić information content (AvgIpc) is 2.43. The van der Waals surface area contributed by atoms with Crippen LogP contribution in [0.25, 0.3) is 0 Å². The van der Waals surface area contributed by atoms with E-state index in [1.807, 2.05) is 30.3 Å². The molecular formula is C14H19NO4. The van der Waals surface area contributed by atoms with Crippen molar-refractivity contribution in [3.05, 3.63) is 35.9 Å². The van der Waals surface area contributed by atoms with Crippen LogP contribution in [0.2, 0.25) is 0 Å². The van der Waals surface area contributed by atoms with E-state index in [2.05, 4.69) is 0 Å². The van der Waals surface area contributed by atoms with E-state index in [0.717, 1.165) is 5.56 Å². The van der Waals surface area contributed by atoms with E-state index in [1.54, 1.807) is 7.05 Å². The highest BCUT2D eigenvalue weighted by Crippen LogP contribution is 2.03. The zero-order chi connectivity index (χ0) is 14.1. The molecule has 0 saturated heterocycles. The van der Waals surface area contributed by atoms with Crippen LogP contribution >= 0.6 is 0 Å². The molecule has 0 unspecified atom stereocenters. The van der Waals surface area contributed by atoms with Gasteiger partial charge in [-0.1, -0.05) is 30.3 Å². The molecule has 0 aliphatic heterocycles. The monoisotopic (exact) mass is 265 g/mol. The Labute approximate surface area is 112 Å². The van der Waals surface area contributed by atoms with Gasteiger partial charge in [0, 0.05) is 20.0 Å². The SMILES string of the molecule is CN(CCO)C(=O)CCC(=O)OCc1ccccc1. The smallest absolute Gasteiger partial charge is 0.306 e. The third kappa shape index (κ3) is 6.01. The topological polar surface area (TPSA) is 66.8 Å². The third-order valence-electron chi connectivity index (χ3n) is 2.65. The number of esters is 1. The molecule has 0 aromatic heterocycles. The summed E-state index contributed by atoms with van der Waals surface area (Å²) < 4.78 is 5.06. The van der Waals surface area contributed by atoms with Crippen LogP contribution in [0.4, 0.5) is 0 Å². The first-order chi connectivity index (χ1) is 9.13.